The molecule has 0 saturated carbocycles. The maximum Gasteiger partial charge on any atom is 0.262 e. The average Bonchev–Trinajstić information content (AvgIpc) is 2.61. The monoisotopic (exact) mass is 326 g/mol. The fraction of sp³-hybridized carbons (Fsp3) is 0.316. The van der Waals surface area contributed by atoms with Crippen LogP contribution in [-0.2, 0) is 4.79 Å². The summed E-state index contributed by atoms with van der Waals surface area (Å²) in [5.41, 5.74) is 2.16. The third kappa shape index (κ3) is 3.62. The molecule has 5 nitrogen and oxygen atoms in total. The highest BCUT2D eigenvalue weighted by atomic mass is 16.5. The molecule has 0 radical (unpaired) electrons. The molecule has 24 heavy (non-hydrogen) atoms. The number of likely N-dealkylation sites (N-methyl/N-ethyl adjacent to an activating group) is 1. The van der Waals surface area contributed by atoms with Gasteiger partial charge in [0.05, 0.1) is 18.8 Å². The Morgan fingerprint density at radius 2 is 2.12 bits per heavy atom. The molecule has 0 saturated heterocycles. The Bertz CT molecular complexity index is 717. The molecule has 3 rings (SSSR count). The largest absolute Gasteiger partial charge is 0.492 e. The highest BCUT2D eigenvalue weighted by Gasteiger charge is 2.29. The lowest BCUT2D eigenvalue weighted by atomic mass is 10.2. The molecule has 0 bridgehead atoms. The zero-order valence-corrected chi connectivity index (χ0v) is 14.0. The molecular weight excluding hydrogens is 304 g/mol. The van der Waals surface area contributed by atoms with Crippen molar-refractivity contribution in [2.75, 3.05) is 31.6 Å². The van der Waals surface area contributed by atoms with Crippen LogP contribution in [0, 0.1) is 6.92 Å². The fourth-order valence-electron chi connectivity index (χ4n) is 2.80. The molecule has 0 fully saturated rings. The smallest absolute Gasteiger partial charge is 0.262 e. The molecule has 5 heteroatoms. The predicted molar refractivity (Wildman–Crippen MR) is 93.8 cm³/mol. The molecule has 0 aliphatic carbocycles. The van der Waals surface area contributed by atoms with Crippen molar-refractivity contribution in [2.45, 2.75) is 13.0 Å². The van der Waals surface area contributed by atoms with Gasteiger partial charge in [0.15, 0.2) is 6.10 Å². The van der Waals surface area contributed by atoms with Gasteiger partial charge in [0.25, 0.3) is 5.91 Å². The Morgan fingerprint density at radius 3 is 2.92 bits per heavy atom. The number of para-hydroxylation sites is 2. The zero-order chi connectivity index (χ0) is 16.9. The van der Waals surface area contributed by atoms with Crippen LogP contribution in [-0.4, -0.2) is 38.8 Å². The topological polar surface area (TPSA) is 50.8 Å². The summed E-state index contributed by atoms with van der Waals surface area (Å²) in [6.45, 7) is 3.77. The highest BCUT2D eigenvalue weighted by molar-refractivity contribution is 5.83. The summed E-state index contributed by atoms with van der Waals surface area (Å²) in [5.74, 6) is 1.47. The van der Waals surface area contributed by atoms with Crippen molar-refractivity contribution in [3.8, 4) is 11.5 Å². The third-order valence-corrected chi connectivity index (χ3v) is 4.02. The van der Waals surface area contributed by atoms with Gasteiger partial charge in [-0.2, -0.15) is 0 Å². The van der Waals surface area contributed by atoms with Crippen molar-refractivity contribution in [1.29, 1.82) is 0 Å². The molecule has 0 spiro atoms. The number of fused-ring (bicyclic) bond motifs is 1. The maximum atomic E-state index is 12.0. The molecule has 1 unspecified atom stereocenters. The minimum absolute atomic E-state index is 0.117. The van der Waals surface area contributed by atoms with E-state index in [0.717, 1.165) is 17.2 Å². The summed E-state index contributed by atoms with van der Waals surface area (Å²) < 4.78 is 11.6. The quantitative estimate of drug-likeness (QED) is 0.917. The van der Waals surface area contributed by atoms with E-state index in [9.17, 15) is 4.79 Å². The number of benzene rings is 2. The number of nitrogens with one attached hydrogen (secondary N) is 1. The molecule has 1 aliphatic rings. The second-order valence-corrected chi connectivity index (χ2v) is 5.80. The van der Waals surface area contributed by atoms with Gasteiger partial charge in [-0.1, -0.05) is 24.3 Å². The van der Waals surface area contributed by atoms with E-state index in [0.29, 0.717) is 19.7 Å². The molecule has 0 aromatic heterocycles. The molecule has 1 aliphatic heterocycles. The first-order valence-electron chi connectivity index (χ1n) is 8.09. The van der Waals surface area contributed by atoms with Gasteiger partial charge < -0.3 is 19.7 Å². The number of hydrogen-bond acceptors (Lipinski definition) is 4. The first kappa shape index (κ1) is 16.2. The van der Waals surface area contributed by atoms with E-state index >= 15 is 0 Å². The van der Waals surface area contributed by atoms with Crippen molar-refractivity contribution < 1.29 is 14.3 Å². The summed E-state index contributed by atoms with van der Waals surface area (Å²) in [5, 5.41) is 2.65. The number of nitrogens with zero attached hydrogens (tertiary/aromatic N) is 1. The number of hydrogen-bond donors (Lipinski definition) is 1. The summed E-state index contributed by atoms with van der Waals surface area (Å²) in [6, 6.07) is 15.8. The van der Waals surface area contributed by atoms with E-state index in [1.165, 1.54) is 5.56 Å². The number of anilines is 1. The molecule has 126 valence electrons. The second-order valence-electron chi connectivity index (χ2n) is 5.80. The van der Waals surface area contributed by atoms with E-state index in [-0.39, 0.29) is 5.91 Å². The number of carbonyl (C=O) groups is 1. The molecule has 1 atom stereocenters. The molecule has 1 N–H and O–H groups in total. The normalized spacial score (nSPS) is 16.1. The molecule has 2 aromatic carbocycles. The third-order valence-electron chi connectivity index (χ3n) is 4.02. The van der Waals surface area contributed by atoms with Crippen LogP contribution in [0.3, 0.4) is 0 Å². The zero-order valence-electron chi connectivity index (χ0n) is 14.0. The number of amides is 1. The number of ether oxygens (including phenoxy) is 2. The second kappa shape index (κ2) is 7.25. The SMILES string of the molecule is CNC(=O)C1CN(CCOc2cccc(C)c2)c2ccccc2O1. The van der Waals surface area contributed by atoms with E-state index < -0.39 is 6.10 Å². The lowest BCUT2D eigenvalue weighted by molar-refractivity contribution is -0.127. The Hall–Kier alpha value is -2.69. The Kier molecular flexibility index (Phi) is 4.89. The van der Waals surface area contributed by atoms with Crippen molar-refractivity contribution in [3.05, 3.63) is 54.1 Å². The van der Waals surface area contributed by atoms with Gasteiger partial charge in [-0.3, -0.25) is 4.79 Å². The van der Waals surface area contributed by atoms with Crippen LogP contribution in [0.25, 0.3) is 0 Å². The van der Waals surface area contributed by atoms with E-state index in [1.54, 1.807) is 7.05 Å². The van der Waals surface area contributed by atoms with Gasteiger partial charge in [-0.05, 0) is 36.8 Å². The highest BCUT2D eigenvalue weighted by Crippen LogP contribution is 2.32. The van der Waals surface area contributed by atoms with Crippen LogP contribution in [0.1, 0.15) is 5.56 Å². The number of rotatable bonds is 5. The van der Waals surface area contributed by atoms with Crippen LogP contribution in [0.5, 0.6) is 11.5 Å². The van der Waals surface area contributed by atoms with E-state index in [4.69, 9.17) is 9.47 Å². The van der Waals surface area contributed by atoms with Crippen LogP contribution < -0.4 is 19.7 Å². The molecule has 1 heterocycles. The average molecular weight is 326 g/mol. The van der Waals surface area contributed by atoms with Crippen LogP contribution in [0.15, 0.2) is 48.5 Å². The summed E-state index contributed by atoms with van der Waals surface area (Å²) >= 11 is 0. The van der Waals surface area contributed by atoms with Crippen molar-refractivity contribution in [1.82, 2.24) is 5.32 Å². The Labute approximate surface area is 142 Å². The summed E-state index contributed by atoms with van der Waals surface area (Å²) in [6.07, 6.45) is -0.510. The summed E-state index contributed by atoms with van der Waals surface area (Å²) in [7, 11) is 1.62. The van der Waals surface area contributed by atoms with Gasteiger partial charge in [0, 0.05) is 7.05 Å². The van der Waals surface area contributed by atoms with Crippen LogP contribution in [0.2, 0.25) is 0 Å². The van der Waals surface area contributed by atoms with Gasteiger partial charge >= 0.3 is 0 Å². The lowest BCUT2D eigenvalue weighted by Crippen LogP contribution is -2.49. The number of carbonyl (C=O) groups excluding carboxylic acids is 1. The van der Waals surface area contributed by atoms with Gasteiger partial charge in [0.2, 0.25) is 0 Å². The first-order chi connectivity index (χ1) is 11.7. The Morgan fingerprint density at radius 1 is 1.29 bits per heavy atom. The maximum absolute atomic E-state index is 12.0. The minimum atomic E-state index is -0.510. The van der Waals surface area contributed by atoms with Crippen molar-refractivity contribution >= 4 is 11.6 Å². The van der Waals surface area contributed by atoms with E-state index in [2.05, 4.69) is 10.2 Å². The van der Waals surface area contributed by atoms with Gasteiger partial charge in [-0.15, -0.1) is 0 Å². The molecule has 1 amide bonds. The predicted octanol–water partition coefficient (Wildman–Crippen LogP) is 2.39. The van der Waals surface area contributed by atoms with Crippen molar-refractivity contribution in [2.24, 2.45) is 0 Å². The van der Waals surface area contributed by atoms with Crippen LogP contribution >= 0.6 is 0 Å². The summed E-state index contributed by atoms with van der Waals surface area (Å²) in [4.78, 5) is 14.1. The standard InChI is InChI=1S/C19H22N2O3/c1-14-6-5-7-15(12-14)23-11-10-21-13-18(19(22)20-2)24-17-9-4-3-8-16(17)21/h3-9,12,18H,10-11,13H2,1-2H3,(H,20,22). The minimum Gasteiger partial charge on any atom is -0.492 e. The van der Waals surface area contributed by atoms with Crippen LogP contribution in [0.4, 0.5) is 5.69 Å². The van der Waals surface area contributed by atoms with Gasteiger partial charge in [0.1, 0.15) is 18.1 Å². The lowest BCUT2D eigenvalue weighted by Gasteiger charge is -2.35. The molecule has 2 aromatic rings. The first-order valence-corrected chi connectivity index (χ1v) is 8.09. The fourth-order valence-corrected chi connectivity index (χ4v) is 2.80. The Balaban J connectivity index is 1.68. The molecular formula is C19H22N2O3. The van der Waals surface area contributed by atoms with Crippen molar-refractivity contribution in [3.63, 3.8) is 0 Å². The van der Waals surface area contributed by atoms with E-state index in [1.807, 2.05) is 55.5 Å². The van der Waals surface area contributed by atoms with Gasteiger partial charge in [-0.25, -0.2) is 0 Å². The number of aryl methyl sites for hydroxylation is 1.